The molecule has 0 radical (unpaired) electrons. The van der Waals surface area contributed by atoms with Crippen molar-refractivity contribution in [1.82, 2.24) is 0 Å². The molecular weight excluding hydrogens is 279 g/mol. The number of carbonyl (C=O) groups is 1. The topological polar surface area (TPSA) is 57.5 Å². The number of carboxylic acids is 1. The Hall–Kier alpha value is -0.940. The van der Waals surface area contributed by atoms with Crippen LogP contribution in [0.15, 0.2) is 22.7 Å². The summed E-state index contributed by atoms with van der Waals surface area (Å²) in [7, 11) is 0. The maximum Gasteiger partial charge on any atom is 0.314 e. The minimum Gasteiger partial charge on any atom is -0.481 e. The molecule has 1 aromatic carbocycles. The van der Waals surface area contributed by atoms with Crippen molar-refractivity contribution in [2.24, 2.45) is 0 Å². The van der Waals surface area contributed by atoms with Crippen molar-refractivity contribution < 1.29 is 19.4 Å². The molecule has 0 aromatic heterocycles. The number of benzene rings is 1. The number of aliphatic carboxylic acids is 1. The van der Waals surface area contributed by atoms with E-state index in [4.69, 9.17) is 10.2 Å². The van der Waals surface area contributed by atoms with Crippen LogP contribution in [0, 0.1) is 5.82 Å². The smallest absolute Gasteiger partial charge is 0.314 e. The summed E-state index contributed by atoms with van der Waals surface area (Å²) in [6.07, 6.45) is -0.0398. The van der Waals surface area contributed by atoms with Crippen LogP contribution in [-0.4, -0.2) is 22.8 Å². The number of halogens is 2. The van der Waals surface area contributed by atoms with Gasteiger partial charge in [-0.25, -0.2) is 4.39 Å². The first kappa shape index (κ1) is 13.1. The van der Waals surface area contributed by atoms with E-state index in [9.17, 15) is 9.18 Å². The first-order valence-corrected chi connectivity index (χ1v) is 5.51. The van der Waals surface area contributed by atoms with Gasteiger partial charge in [-0.1, -0.05) is 22.0 Å². The van der Waals surface area contributed by atoms with Gasteiger partial charge in [0.25, 0.3) is 0 Å². The summed E-state index contributed by atoms with van der Waals surface area (Å²) in [5.74, 6) is -1.75. The van der Waals surface area contributed by atoms with Crippen molar-refractivity contribution >= 4 is 21.9 Å². The third kappa shape index (κ3) is 2.25. The highest BCUT2D eigenvalue weighted by atomic mass is 79.9. The number of rotatable bonds is 4. The van der Waals surface area contributed by atoms with Gasteiger partial charge < -0.3 is 10.2 Å². The van der Waals surface area contributed by atoms with E-state index in [1.165, 1.54) is 19.1 Å². The summed E-state index contributed by atoms with van der Waals surface area (Å²) >= 11 is 3.14. The molecule has 0 heterocycles. The van der Waals surface area contributed by atoms with Crippen LogP contribution in [0.2, 0.25) is 0 Å². The van der Waals surface area contributed by atoms with Gasteiger partial charge in [0, 0.05) is 16.6 Å². The fraction of sp³-hybridized carbons (Fsp3) is 0.364. The number of aliphatic hydroxyl groups is 1. The van der Waals surface area contributed by atoms with Crippen molar-refractivity contribution in [2.75, 3.05) is 6.61 Å². The highest BCUT2D eigenvalue weighted by molar-refractivity contribution is 9.10. The predicted octanol–water partition coefficient (Wildman–Crippen LogP) is 2.31. The Morgan fingerprint density at radius 3 is 2.62 bits per heavy atom. The molecule has 3 nitrogen and oxygen atoms in total. The molecule has 5 heteroatoms. The molecule has 0 saturated carbocycles. The van der Waals surface area contributed by atoms with Gasteiger partial charge in [0.15, 0.2) is 0 Å². The number of hydrogen-bond acceptors (Lipinski definition) is 2. The van der Waals surface area contributed by atoms with Gasteiger partial charge in [-0.2, -0.15) is 0 Å². The normalized spacial score (nSPS) is 14.5. The zero-order chi connectivity index (χ0) is 12.3. The van der Waals surface area contributed by atoms with Crippen LogP contribution >= 0.6 is 15.9 Å². The standard InChI is InChI=1S/C11H12BrFO3/c1-11(5-6-14,10(15)16)9-7(12)3-2-4-8(9)13/h2-4,14H,5-6H2,1H3,(H,15,16). The fourth-order valence-electron chi connectivity index (χ4n) is 1.59. The molecule has 0 fully saturated rings. The molecule has 1 unspecified atom stereocenters. The molecule has 0 aliphatic carbocycles. The van der Waals surface area contributed by atoms with Crippen LogP contribution in [0.4, 0.5) is 4.39 Å². The summed E-state index contributed by atoms with van der Waals surface area (Å²) < 4.78 is 14.0. The zero-order valence-corrected chi connectivity index (χ0v) is 10.3. The fourth-order valence-corrected chi connectivity index (χ4v) is 2.37. The van der Waals surface area contributed by atoms with Gasteiger partial charge in [-0.15, -0.1) is 0 Å². The molecule has 1 atom stereocenters. The van der Waals surface area contributed by atoms with Crippen molar-refractivity contribution in [3.05, 3.63) is 34.1 Å². The second kappa shape index (κ2) is 4.93. The Kier molecular flexibility index (Phi) is 4.04. The Balaban J connectivity index is 3.37. The molecule has 88 valence electrons. The SMILES string of the molecule is CC(CCO)(C(=O)O)c1c(F)cccc1Br. The largest absolute Gasteiger partial charge is 0.481 e. The molecule has 0 aliphatic heterocycles. The molecule has 0 bridgehead atoms. The average Bonchev–Trinajstić information content (AvgIpc) is 2.17. The molecule has 0 amide bonds. The number of aliphatic hydroxyl groups excluding tert-OH is 1. The monoisotopic (exact) mass is 290 g/mol. The minimum absolute atomic E-state index is 0.0398. The van der Waals surface area contributed by atoms with Gasteiger partial charge >= 0.3 is 5.97 Å². The molecule has 1 aromatic rings. The first-order chi connectivity index (χ1) is 7.43. The maximum atomic E-state index is 13.7. The zero-order valence-electron chi connectivity index (χ0n) is 8.70. The van der Waals surface area contributed by atoms with Crippen molar-refractivity contribution in [2.45, 2.75) is 18.8 Å². The van der Waals surface area contributed by atoms with Crippen molar-refractivity contribution in [3.63, 3.8) is 0 Å². The van der Waals surface area contributed by atoms with Crippen LogP contribution < -0.4 is 0 Å². The lowest BCUT2D eigenvalue weighted by Crippen LogP contribution is -2.34. The summed E-state index contributed by atoms with van der Waals surface area (Å²) in [6.45, 7) is 1.08. The van der Waals surface area contributed by atoms with Crippen LogP contribution in [0.25, 0.3) is 0 Å². The lowest BCUT2D eigenvalue weighted by molar-refractivity contribution is -0.144. The van der Waals surface area contributed by atoms with Gasteiger partial charge in [-0.05, 0) is 25.5 Å². The molecule has 1 rings (SSSR count). The summed E-state index contributed by atoms with van der Waals surface area (Å²) in [6, 6.07) is 4.28. The van der Waals surface area contributed by atoms with Crippen molar-refractivity contribution in [3.8, 4) is 0 Å². The van der Waals surface area contributed by atoms with Crippen LogP contribution in [-0.2, 0) is 10.2 Å². The van der Waals surface area contributed by atoms with E-state index in [1.807, 2.05) is 0 Å². The highest BCUT2D eigenvalue weighted by Crippen LogP contribution is 2.35. The number of hydrogen-bond donors (Lipinski definition) is 2. The van der Waals surface area contributed by atoms with E-state index in [0.717, 1.165) is 0 Å². The maximum absolute atomic E-state index is 13.7. The predicted molar refractivity (Wildman–Crippen MR) is 60.8 cm³/mol. The van der Waals surface area contributed by atoms with Crippen LogP contribution in [0.1, 0.15) is 18.9 Å². The average molecular weight is 291 g/mol. The summed E-state index contributed by atoms with van der Waals surface area (Å²) in [4.78, 5) is 11.2. The molecule has 0 aliphatic rings. The highest BCUT2D eigenvalue weighted by Gasteiger charge is 2.38. The van der Waals surface area contributed by atoms with Crippen LogP contribution in [0.3, 0.4) is 0 Å². The molecular formula is C11H12BrFO3. The van der Waals surface area contributed by atoms with E-state index in [-0.39, 0.29) is 18.6 Å². The Morgan fingerprint density at radius 2 is 2.19 bits per heavy atom. The Bertz CT molecular complexity index is 388. The van der Waals surface area contributed by atoms with E-state index >= 15 is 0 Å². The van der Waals surface area contributed by atoms with E-state index in [2.05, 4.69) is 15.9 Å². The quantitative estimate of drug-likeness (QED) is 0.895. The van der Waals surface area contributed by atoms with E-state index in [0.29, 0.717) is 4.47 Å². The molecule has 2 N–H and O–H groups in total. The minimum atomic E-state index is -1.43. The van der Waals surface area contributed by atoms with Crippen molar-refractivity contribution in [1.29, 1.82) is 0 Å². The third-order valence-electron chi connectivity index (χ3n) is 2.60. The van der Waals surface area contributed by atoms with Gasteiger partial charge in [0.2, 0.25) is 0 Å². The van der Waals surface area contributed by atoms with Crippen LogP contribution in [0.5, 0.6) is 0 Å². The second-order valence-corrected chi connectivity index (χ2v) is 4.56. The van der Waals surface area contributed by atoms with Gasteiger partial charge in [0.1, 0.15) is 5.82 Å². The molecule has 0 spiro atoms. The van der Waals surface area contributed by atoms with Gasteiger partial charge in [-0.3, -0.25) is 4.79 Å². The Labute approximate surface area is 101 Å². The third-order valence-corrected chi connectivity index (χ3v) is 3.26. The molecule has 0 saturated heterocycles. The van der Waals surface area contributed by atoms with E-state index < -0.39 is 17.2 Å². The second-order valence-electron chi connectivity index (χ2n) is 3.71. The van der Waals surface area contributed by atoms with E-state index in [1.54, 1.807) is 6.07 Å². The molecule has 16 heavy (non-hydrogen) atoms. The van der Waals surface area contributed by atoms with Gasteiger partial charge in [0.05, 0.1) is 5.41 Å². The lowest BCUT2D eigenvalue weighted by atomic mass is 9.79. The Morgan fingerprint density at radius 1 is 1.56 bits per heavy atom. The number of carboxylic acid groups (broad SMARTS) is 1. The summed E-state index contributed by atoms with van der Waals surface area (Å²) in [5, 5.41) is 18.1. The lowest BCUT2D eigenvalue weighted by Gasteiger charge is -2.26. The first-order valence-electron chi connectivity index (χ1n) is 4.72. The summed E-state index contributed by atoms with van der Waals surface area (Å²) in [5.41, 5.74) is -1.37.